The topological polar surface area (TPSA) is 74.6 Å². The minimum absolute atomic E-state index is 5.05. The minimum Gasteiger partial charge on any atom is -0.480 e. The van der Waals surface area contributed by atoms with Crippen LogP contribution in [0, 0.1) is 5.41 Å². The molecule has 48 heavy (non-hydrogen) atoms. The molecule has 0 bridgehead atoms. The first-order valence-electron chi connectivity index (χ1n) is 9.90. The lowest BCUT2D eigenvalue weighted by Gasteiger charge is -2.51. The van der Waals surface area contributed by atoms with E-state index in [0.29, 0.717) is 0 Å². The van der Waals surface area contributed by atoms with Crippen LogP contribution in [0.2, 0.25) is 0 Å². The van der Waals surface area contributed by atoms with Gasteiger partial charge in [-0.05, 0) is 0 Å². The van der Waals surface area contributed by atoms with Crippen molar-refractivity contribution in [3.05, 3.63) is 0 Å². The van der Waals surface area contributed by atoms with Crippen LogP contribution in [0.5, 0.6) is 0 Å². The molecule has 0 fully saturated rings. The van der Waals surface area contributed by atoms with Crippen LogP contribution in [-0.4, -0.2) is 99.7 Å². The molecule has 0 aromatic carbocycles. The summed E-state index contributed by atoms with van der Waals surface area (Å²) in [6.45, 7) is 0. The van der Waals surface area contributed by atoms with Gasteiger partial charge in [0.05, 0.1) is 0 Å². The molecule has 0 aliphatic rings. The molecule has 1 atom stereocenters. The van der Waals surface area contributed by atoms with E-state index in [1.807, 2.05) is 0 Å². The lowest BCUT2D eigenvalue weighted by atomic mass is 9.63. The predicted octanol–water partition coefficient (Wildman–Crippen LogP) is 8.25. The lowest BCUT2D eigenvalue weighted by Crippen LogP contribution is -2.83. The van der Waals surface area contributed by atoms with Gasteiger partial charge in [0, 0.05) is 0 Å². The molecule has 32 heteroatoms. The molecule has 0 heterocycles. The number of carboxylic acid groups (broad SMARTS) is 2. The summed E-state index contributed by atoms with van der Waals surface area (Å²) in [5, 5.41) is 16.2. The molecule has 1 unspecified atom stereocenters. The second-order valence-corrected chi connectivity index (χ2v) is 8.67. The van der Waals surface area contributed by atoms with E-state index in [2.05, 4.69) is 0 Å². The van der Waals surface area contributed by atoms with Gasteiger partial charge in [-0.1, -0.05) is 0 Å². The summed E-state index contributed by atoms with van der Waals surface area (Å²) < 4.78 is 379. The van der Waals surface area contributed by atoms with E-state index in [9.17, 15) is 133 Å². The van der Waals surface area contributed by atoms with Crippen molar-refractivity contribution in [1.82, 2.24) is 0 Å². The van der Waals surface area contributed by atoms with Gasteiger partial charge in [0.1, 0.15) is 0 Å². The van der Waals surface area contributed by atoms with Crippen molar-refractivity contribution in [2.45, 2.75) is 77.5 Å². The molecular formula is C16H2F28O4. The highest BCUT2D eigenvalue weighted by Gasteiger charge is 3.05. The van der Waals surface area contributed by atoms with Crippen molar-refractivity contribution in [1.29, 1.82) is 0 Å². The molecule has 0 aromatic rings. The molecule has 0 aromatic heterocycles. The van der Waals surface area contributed by atoms with Gasteiger partial charge in [0.2, 0.25) is 0 Å². The maximum atomic E-state index is 14.7. The first-order valence-corrected chi connectivity index (χ1v) is 9.90. The zero-order chi connectivity index (χ0) is 40.2. The van der Waals surface area contributed by atoms with Crippen molar-refractivity contribution in [3.63, 3.8) is 0 Å². The number of aliphatic carboxylic acids is 2. The molecule has 0 spiro atoms. The Bertz CT molecular complexity index is 1250. The van der Waals surface area contributed by atoms with Crippen LogP contribution in [0.15, 0.2) is 0 Å². The fraction of sp³-hybridized carbons (Fsp3) is 0.875. The first-order chi connectivity index (χ1) is 20.1. The Labute approximate surface area is 239 Å². The Morgan fingerprint density at radius 3 is 0.688 bits per heavy atom. The molecule has 0 aliphatic carbocycles. The fourth-order valence-electron chi connectivity index (χ4n) is 3.17. The van der Waals surface area contributed by atoms with Gasteiger partial charge >= 0.3 is 89.4 Å². The van der Waals surface area contributed by atoms with Gasteiger partial charge in [0.25, 0.3) is 5.41 Å². The van der Waals surface area contributed by atoms with Gasteiger partial charge < -0.3 is 10.2 Å². The predicted molar refractivity (Wildman–Crippen MR) is 84.2 cm³/mol. The number of halogens is 28. The molecule has 0 rings (SSSR count). The third-order valence-electron chi connectivity index (χ3n) is 5.87. The summed E-state index contributed by atoms with van der Waals surface area (Å²) in [6, 6.07) is 0. The summed E-state index contributed by atoms with van der Waals surface area (Å²) in [6.07, 6.45) is -17.5. The van der Waals surface area contributed by atoms with Crippen LogP contribution in [0.4, 0.5) is 123 Å². The van der Waals surface area contributed by atoms with E-state index < -0.39 is 94.9 Å². The Balaban J connectivity index is 8.70. The Hall–Kier alpha value is -3.02. The Morgan fingerprint density at radius 1 is 0.271 bits per heavy atom. The van der Waals surface area contributed by atoms with Crippen molar-refractivity contribution < 1.29 is 143 Å². The number of carbonyl (C=O) groups is 2. The maximum Gasteiger partial charge on any atom is 0.460 e. The van der Waals surface area contributed by atoms with E-state index in [0.717, 1.165) is 0 Å². The van der Waals surface area contributed by atoms with Crippen LogP contribution >= 0.6 is 0 Å². The van der Waals surface area contributed by atoms with Crippen LogP contribution in [0.3, 0.4) is 0 Å². The zero-order valence-electron chi connectivity index (χ0n) is 20.3. The summed E-state index contributed by atoms with van der Waals surface area (Å²) in [4.78, 5) is 21.2. The summed E-state index contributed by atoms with van der Waals surface area (Å²) in [7, 11) is 0. The summed E-state index contributed by atoms with van der Waals surface area (Å²) >= 11 is 0. The minimum atomic E-state index is -10.5. The monoisotopic (exact) mass is 790 g/mol. The molecule has 286 valence electrons. The number of alkyl halides is 28. The molecule has 0 saturated heterocycles. The van der Waals surface area contributed by atoms with Crippen molar-refractivity contribution in [2.24, 2.45) is 5.41 Å². The largest absolute Gasteiger partial charge is 0.480 e. The highest BCUT2D eigenvalue weighted by atomic mass is 19.4. The zero-order valence-corrected chi connectivity index (χ0v) is 20.3. The molecule has 0 saturated carbocycles. The summed E-state index contributed by atoms with van der Waals surface area (Å²) in [5.41, 5.74) is -10.1. The van der Waals surface area contributed by atoms with Gasteiger partial charge in [-0.25, -0.2) is 4.79 Å². The highest BCUT2D eigenvalue weighted by molar-refractivity contribution is 5.82. The molecule has 0 radical (unpaired) electrons. The molecular weight excluding hydrogens is 788 g/mol. The fourth-order valence-corrected chi connectivity index (χ4v) is 3.17. The molecule has 4 nitrogen and oxygen atoms in total. The molecule has 0 amide bonds. The number of hydrogen-bond acceptors (Lipinski definition) is 2. The van der Waals surface area contributed by atoms with Crippen LogP contribution in [-0.2, 0) is 9.59 Å². The number of carboxylic acids is 2. The second kappa shape index (κ2) is 10.7. The van der Waals surface area contributed by atoms with Crippen molar-refractivity contribution in [2.75, 3.05) is 0 Å². The van der Waals surface area contributed by atoms with E-state index in [4.69, 9.17) is 10.2 Å². The Morgan fingerprint density at radius 2 is 0.479 bits per heavy atom. The average Bonchev–Trinajstić information content (AvgIpc) is 2.80. The average molecular weight is 790 g/mol. The molecule has 0 aliphatic heterocycles. The maximum absolute atomic E-state index is 14.7. The SMILES string of the molecule is O=C(O)C(F)(F)C(F)(F)C(F)(F)C(C(=O)O)(C(F)(F)C(F)(F)F)C(F)(F)C(F)(F)C(F)(F)C(F)(F)C(F)(F)C(F)(F)C(F)(F)C(F)(F)F. The van der Waals surface area contributed by atoms with Gasteiger partial charge in [-0.3, -0.25) is 4.79 Å². The van der Waals surface area contributed by atoms with E-state index in [1.165, 1.54) is 0 Å². The third-order valence-corrected chi connectivity index (χ3v) is 5.87. The van der Waals surface area contributed by atoms with Crippen LogP contribution in [0.1, 0.15) is 0 Å². The lowest BCUT2D eigenvalue weighted by molar-refractivity contribution is -0.488. The van der Waals surface area contributed by atoms with Crippen molar-refractivity contribution >= 4 is 11.9 Å². The van der Waals surface area contributed by atoms with E-state index in [-0.39, 0.29) is 0 Å². The normalized spacial score (nSPS) is 17.7. The second-order valence-electron chi connectivity index (χ2n) is 8.67. The Kier molecular flexibility index (Phi) is 10.1. The van der Waals surface area contributed by atoms with E-state index >= 15 is 0 Å². The van der Waals surface area contributed by atoms with Crippen molar-refractivity contribution in [3.8, 4) is 0 Å². The first kappa shape index (κ1) is 45.0. The number of hydrogen-bond donors (Lipinski definition) is 2. The smallest absolute Gasteiger partial charge is 0.460 e. The van der Waals surface area contributed by atoms with Crippen LogP contribution < -0.4 is 0 Å². The quantitative estimate of drug-likeness (QED) is 0.185. The highest BCUT2D eigenvalue weighted by Crippen LogP contribution is 2.73. The van der Waals surface area contributed by atoms with Crippen LogP contribution in [0.25, 0.3) is 0 Å². The van der Waals surface area contributed by atoms with Gasteiger partial charge in [-0.15, -0.1) is 0 Å². The number of rotatable bonds is 13. The van der Waals surface area contributed by atoms with Gasteiger partial charge in [0.15, 0.2) is 0 Å². The summed E-state index contributed by atoms with van der Waals surface area (Å²) in [5.74, 6) is -118. The van der Waals surface area contributed by atoms with Gasteiger partial charge in [-0.2, -0.15) is 123 Å². The molecule has 2 N–H and O–H groups in total. The third kappa shape index (κ3) is 4.77. The standard InChI is InChI=1S/C16H2F28O4/c17-4(18,2(47)48)8(25,26)5(19,20)3(1(45)46,7(23,24)15(39,40)41)6(21,22)9(27,28)10(29,30)11(31,32)12(33,34)13(35,36)14(37,38)16(42,43)44/h(H,45,46)(H,47,48). The van der Waals surface area contributed by atoms with E-state index in [1.54, 1.807) is 0 Å².